The van der Waals surface area contributed by atoms with E-state index >= 15 is 0 Å². The molecule has 1 aromatic heterocycles. The van der Waals surface area contributed by atoms with E-state index in [4.69, 9.17) is 14.0 Å². The molecule has 2 rings (SSSR count). The van der Waals surface area contributed by atoms with E-state index in [2.05, 4.69) is 10.3 Å². The number of hydrogen-bond donors (Lipinski definition) is 3. The number of nitrogens with zero attached hydrogens (tertiary/aromatic N) is 1. The zero-order valence-corrected chi connectivity index (χ0v) is 19.9. The minimum atomic E-state index is -4.37. The van der Waals surface area contributed by atoms with Crippen LogP contribution in [0, 0.1) is 0 Å². The number of anilines is 1. The normalized spacial score (nSPS) is 12.7. The average Bonchev–Trinajstić information content (AvgIpc) is 3.08. The van der Waals surface area contributed by atoms with Crippen LogP contribution in [0.15, 0.2) is 29.6 Å². The van der Waals surface area contributed by atoms with Crippen LogP contribution >= 0.6 is 11.3 Å². The van der Waals surface area contributed by atoms with Crippen molar-refractivity contribution in [2.24, 2.45) is 0 Å². The number of hydrogen-bond acceptors (Lipinski definition) is 8. The molecular weight excluding hydrogens is 458 g/mol. The summed E-state index contributed by atoms with van der Waals surface area (Å²) in [5.41, 5.74) is 0.815. The van der Waals surface area contributed by atoms with Crippen molar-refractivity contribution in [2.45, 2.75) is 52.2 Å². The molecule has 3 N–H and O–H groups in total. The van der Waals surface area contributed by atoms with Gasteiger partial charge in [-0.25, -0.2) is 9.78 Å². The third-order valence-electron chi connectivity index (χ3n) is 3.83. The summed E-state index contributed by atoms with van der Waals surface area (Å²) in [7, 11) is -4.37. The molecule has 0 bridgehead atoms. The Morgan fingerprint density at radius 1 is 1.22 bits per heavy atom. The molecule has 0 aliphatic rings. The highest BCUT2D eigenvalue weighted by Gasteiger charge is 2.23. The second-order valence-electron chi connectivity index (χ2n) is 7.84. The SMILES string of the molecule is CCOC(=O)Cc1csc(C(Cc2ccc(NS(=O)(=O)O)cc2)NC(=O)OC(C)(C)C)n1. The Hall–Kier alpha value is -2.70. The number of rotatable bonds is 9. The first kappa shape index (κ1) is 25.6. The van der Waals surface area contributed by atoms with Crippen LogP contribution < -0.4 is 10.0 Å². The van der Waals surface area contributed by atoms with Crippen molar-refractivity contribution in [3.8, 4) is 0 Å². The van der Waals surface area contributed by atoms with Gasteiger partial charge in [0.25, 0.3) is 0 Å². The van der Waals surface area contributed by atoms with Gasteiger partial charge in [-0.2, -0.15) is 8.42 Å². The van der Waals surface area contributed by atoms with Crippen molar-refractivity contribution < 1.29 is 32.0 Å². The summed E-state index contributed by atoms with van der Waals surface area (Å²) in [5.74, 6) is -0.386. The molecule has 0 fully saturated rings. The molecule has 0 spiro atoms. The van der Waals surface area contributed by atoms with E-state index in [0.717, 1.165) is 5.56 Å². The average molecular weight is 486 g/mol. The maximum absolute atomic E-state index is 12.4. The lowest BCUT2D eigenvalue weighted by Crippen LogP contribution is -2.35. The van der Waals surface area contributed by atoms with E-state index < -0.39 is 28.0 Å². The highest BCUT2D eigenvalue weighted by Crippen LogP contribution is 2.24. The maximum atomic E-state index is 12.4. The highest BCUT2D eigenvalue weighted by atomic mass is 32.2. The van der Waals surface area contributed by atoms with E-state index in [0.29, 0.717) is 17.1 Å². The van der Waals surface area contributed by atoms with E-state index in [1.54, 1.807) is 45.2 Å². The van der Waals surface area contributed by atoms with Crippen molar-refractivity contribution in [1.29, 1.82) is 0 Å². The number of alkyl carbamates (subject to hydrolysis) is 1. The molecule has 1 unspecified atom stereocenters. The molecule has 0 saturated carbocycles. The molecule has 0 aliphatic heterocycles. The molecule has 0 aliphatic carbocycles. The summed E-state index contributed by atoms with van der Waals surface area (Å²) in [6.45, 7) is 7.26. The molecule has 0 saturated heterocycles. The van der Waals surface area contributed by atoms with Gasteiger partial charge in [0.2, 0.25) is 0 Å². The second-order valence-corrected chi connectivity index (χ2v) is 9.88. The molecule has 10 nitrogen and oxygen atoms in total. The number of esters is 1. The lowest BCUT2D eigenvalue weighted by atomic mass is 10.1. The predicted octanol–water partition coefficient (Wildman–Crippen LogP) is 3.27. The molecule has 2 aromatic rings. The standard InChI is InChI=1S/C20H27N3O7S2/c1-5-29-17(24)11-15-12-31-18(21-15)16(22-19(25)30-20(2,3)4)10-13-6-8-14(9-7-13)23-32(26,27)28/h6-9,12,16,23H,5,10-11H2,1-4H3,(H,22,25)(H,26,27,28). The fourth-order valence-electron chi connectivity index (χ4n) is 2.67. The molecule has 1 heterocycles. The number of thiazole rings is 1. The lowest BCUT2D eigenvalue weighted by Gasteiger charge is -2.23. The van der Waals surface area contributed by atoms with Crippen LogP contribution in [0.25, 0.3) is 0 Å². The lowest BCUT2D eigenvalue weighted by molar-refractivity contribution is -0.142. The summed E-state index contributed by atoms with van der Waals surface area (Å²) in [6.07, 6.45) is -0.258. The van der Waals surface area contributed by atoms with Gasteiger partial charge in [0.1, 0.15) is 10.6 Å². The third-order valence-corrected chi connectivity index (χ3v) is 5.33. The van der Waals surface area contributed by atoms with Gasteiger partial charge in [0.05, 0.1) is 30.5 Å². The Balaban J connectivity index is 2.20. The number of benzene rings is 1. The first-order chi connectivity index (χ1) is 14.8. The van der Waals surface area contributed by atoms with Crippen LogP contribution in [0.5, 0.6) is 0 Å². The van der Waals surface area contributed by atoms with Gasteiger partial charge < -0.3 is 14.8 Å². The first-order valence-corrected chi connectivity index (χ1v) is 12.1. The summed E-state index contributed by atoms with van der Waals surface area (Å²) in [6, 6.07) is 5.74. The molecule has 32 heavy (non-hydrogen) atoms. The number of carbonyl (C=O) groups is 2. The zero-order valence-electron chi connectivity index (χ0n) is 18.2. The Bertz CT molecular complexity index is 1030. The summed E-state index contributed by atoms with van der Waals surface area (Å²) in [5, 5.41) is 5.11. The molecule has 0 radical (unpaired) electrons. The van der Waals surface area contributed by atoms with Gasteiger partial charge in [0.15, 0.2) is 0 Å². The third kappa shape index (κ3) is 9.20. The Labute approximate surface area is 191 Å². The van der Waals surface area contributed by atoms with Crippen LogP contribution in [-0.2, 0) is 37.4 Å². The first-order valence-electron chi connectivity index (χ1n) is 9.78. The summed E-state index contributed by atoms with van der Waals surface area (Å²) >= 11 is 1.29. The van der Waals surface area contributed by atoms with Crippen LogP contribution in [0.2, 0.25) is 0 Å². The summed E-state index contributed by atoms with van der Waals surface area (Å²) in [4.78, 5) is 28.6. The number of amides is 1. The molecule has 1 atom stereocenters. The number of nitrogens with one attached hydrogen (secondary N) is 2. The van der Waals surface area contributed by atoms with Crippen molar-refractivity contribution in [3.05, 3.63) is 45.9 Å². The predicted molar refractivity (Wildman–Crippen MR) is 120 cm³/mol. The van der Waals surface area contributed by atoms with Crippen LogP contribution in [0.1, 0.15) is 50.0 Å². The quantitative estimate of drug-likeness (QED) is 0.363. The maximum Gasteiger partial charge on any atom is 0.408 e. The van der Waals surface area contributed by atoms with Crippen molar-refractivity contribution in [3.63, 3.8) is 0 Å². The van der Waals surface area contributed by atoms with Crippen LogP contribution in [-0.4, -0.2) is 42.2 Å². The van der Waals surface area contributed by atoms with Gasteiger partial charge in [-0.05, 0) is 51.8 Å². The Kier molecular flexibility index (Phi) is 8.58. The van der Waals surface area contributed by atoms with E-state index in [-0.39, 0.29) is 24.7 Å². The van der Waals surface area contributed by atoms with Crippen molar-refractivity contribution in [2.75, 3.05) is 11.3 Å². The van der Waals surface area contributed by atoms with Gasteiger partial charge >= 0.3 is 22.4 Å². The van der Waals surface area contributed by atoms with Crippen molar-refractivity contribution in [1.82, 2.24) is 10.3 Å². The minimum absolute atomic E-state index is 0.0273. The largest absolute Gasteiger partial charge is 0.466 e. The fraction of sp³-hybridized carbons (Fsp3) is 0.450. The Morgan fingerprint density at radius 2 is 1.88 bits per heavy atom. The number of aromatic nitrogens is 1. The number of carbonyl (C=O) groups excluding carboxylic acids is 2. The van der Waals surface area contributed by atoms with Crippen LogP contribution in [0.3, 0.4) is 0 Å². The van der Waals surface area contributed by atoms with E-state index in [1.807, 2.05) is 4.72 Å². The summed E-state index contributed by atoms with van der Waals surface area (Å²) < 4.78 is 43.0. The van der Waals surface area contributed by atoms with Gasteiger partial charge in [0, 0.05) is 5.38 Å². The topological polar surface area (TPSA) is 144 Å². The number of ether oxygens (including phenoxy) is 2. The van der Waals surface area contributed by atoms with E-state index in [1.165, 1.54) is 23.5 Å². The highest BCUT2D eigenvalue weighted by molar-refractivity contribution is 7.87. The zero-order chi connectivity index (χ0) is 23.9. The van der Waals surface area contributed by atoms with Gasteiger partial charge in [-0.1, -0.05) is 12.1 Å². The Morgan fingerprint density at radius 3 is 2.44 bits per heavy atom. The van der Waals surface area contributed by atoms with Gasteiger partial charge in [-0.3, -0.25) is 14.1 Å². The smallest absolute Gasteiger partial charge is 0.408 e. The van der Waals surface area contributed by atoms with Gasteiger partial charge in [-0.15, -0.1) is 11.3 Å². The second kappa shape index (κ2) is 10.7. The van der Waals surface area contributed by atoms with Crippen molar-refractivity contribution >= 4 is 39.4 Å². The minimum Gasteiger partial charge on any atom is -0.466 e. The molecule has 12 heteroatoms. The monoisotopic (exact) mass is 485 g/mol. The molecule has 176 valence electrons. The molecule has 1 aromatic carbocycles. The van der Waals surface area contributed by atoms with Crippen LogP contribution in [0.4, 0.5) is 10.5 Å². The van der Waals surface area contributed by atoms with E-state index in [9.17, 15) is 18.0 Å². The fourth-order valence-corrected chi connectivity index (χ4v) is 3.97. The molecule has 1 amide bonds. The molecular formula is C20H27N3O7S2.